The highest BCUT2D eigenvalue weighted by molar-refractivity contribution is 5.69. The Morgan fingerprint density at radius 3 is 2.38 bits per heavy atom. The van der Waals surface area contributed by atoms with Crippen molar-refractivity contribution in [1.29, 1.82) is 0 Å². The van der Waals surface area contributed by atoms with Gasteiger partial charge in [0.15, 0.2) is 0 Å². The largest absolute Gasteiger partial charge is 0.470 e. The topological polar surface area (TPSA) is 64.9 Å². The molecule has 1 aromatic carbocycles. The molecule has 0 aliphatic heterocycles. The standard InChI is InChI=1S/C9H6F3N3O/c10-9(11,12)8-15-14-7(16-8)5-3-1-2-4-6(5)13/h1-4H,13H2. The Hall–Kier alpha value is -2.05. The van der Waals surface area contributed by atoms with Gasteiger partial charge in [-0.15, -0.1) is 10.2 Å². The predicted molar refractivity (Wildman–Crippen MR) is 49.1 cm³/mol. The number of nitrogen functional groups attached to an aromatic ring is 1. The van der Waals surface area contributed by atoms with E-state index in [1.54, 1.807) is 12.1 Å². The average Bonchev–Trinajstić information content (AvgIpc) is 2.66. The van der Waals surface area contributed by atoms with Crippen LogP contribution in [0.3, 0.4) is 0 Å². The molecule has 0 aliphatic rings. The number of nitrogens with zero attached hydrogens (tertiary/aromatic N) is 2. The smallest absolute Gasteiger partial charge is 0.413 e. The van der Waals surface area contributed by atoms with Crippen LogP contribution in [0.5, 0.6) is 0 Å². The lowest BCUT2D eigenvalue weighted by Crippen LogP contribution is -2.04. The second-order valence-corrected chi connectivity index (χ2v) is 3.00. The van der Waals surface area contributed by atoms with Gasteiger partial charge in [0, 0.05) is 5.69 Å². The van der Waals surface area contributed by atoms with Crippen molar-refractivity contribution in [2.45, 2.75) is 6.18 Å². The monoisotopic (exact) mass is 229 g/mol. The fourth-order valence-electron chi connectivity index (χ4n) is 1.14. The number of para-hydroxylation sites is 1. The van der Waals surface area contributed by atoms with Gasteiger partial charge in [-0.25, -0.2) is 0 Å². The number of hydrogen-bond donors (Lipinski definition) is 1. The molecule has 2 rings (SSSR count). The van der Waals surface area contributed by atoms with E-state index in [1.165, 1.54) is 12.1 Å². The van der Waals surface area contributed by atoms with E-state index in [2.05, 4.69) is 14.6 Å². The summed E-state index contributed by atoms with van der Waals surface area (Å²) < 4.78 is 41.1. The zero-order valence-electron chi connectivity index (χ0n) is 7.82. The highest BCUT2D eigenvalue weighted by atomic mass is 19.4. The van der Waals surface area contributed by atoms with Crippen molar-refractivity contribution in [2.24, 2.45) is 0 Å². The number of rotatable bonds is 1. The number of nitrogens with two attached hydrogens (primary N) is 1. The summed E-state index contributed by atoms with van der Waals surface area (Å²) in [6.07, 6.45) is -4.64. The van der Waals surface area contributed by atoms with Crippen molar-refractivity contribution in [3.63, 3.8) is 0 Å². The first-order valence-electron chi connectivity index (χ1n) is 4.24. The number of anilines is 1. The van der Waals surface area contributed by atoms with Crippen LogP contribution >= 0.6 is 0 Å². The van der Waals surface area contributed by atoms with Gasteiger partial charge in [-0.2, -0.15) is 13.2 Å². The first-order chi connectivity index (χ1) is 7.48. The number of benzene rings is 1. The van der Waals surface area contributed by atoms with Crippen LogP contribution in [-0.4, -0.2) is 10.2 Å². The fraction of sp³-hybridized carbons (Fsp3) is 0.111. The van der Waals surface area contributed by atoms with Crippen molar-refractivity contribution in [3.8, 4) is 11.5 Å². The van der Waals surface area contributed by atoms with E-state index in [4.69, 9.17) is 5.73 Å². The van der Waals surface area contributed by atoms with Gasteiger partial charge in [0.05, 0.1) is 5.56 Å². The van der Waals surface area contributed by atoms with E-state index in [9.17, 15) is 13.2 Å². The summed E-state index contributed by atoms with van der Waals surface area (Å²) in [4.78, 5) is 0. The van der Waals surface area contributed by atoms with Crippen molar-refractivity contribution in [3.05, 3.63) is 30.2 Å². The molecule has 1 heterocycles. The molecule has 2 aromatic rings. The van der Waals surface area contributed by atoms with Gasteiger partial charge in [0.25, 0.3) is 0 Å². The van der Waals surface area contributed by atoms with E-state index >= 15 is 0 Å². The summed E-state index contributed by atoms with van der Waals surface area (Å²) in [6, 6.07) is 6.30. The zero-order chi connectivity index (χ0) is 11.8. The second-order valence-electron chi connectivity index (χ2n) is 3.00. The summed E-state index contributed by atoms with van der Waals surface area (Å²) in [6.45, 7) is 0. The van der Waals surface area contributed by atoms with Crippen molar-refractivity contribution in [2.75, 3.05) is 5.73 Å². The van der Waals surface area contributed by atoms with E-state index in [0.717, 1.165) is 0 Å². The van der Waals surface area contributed by atoms with Crippen molar-refractivity contribution >= 4 is 5.69 Å². The third-order valence-electron chi connectivity index (χ3n) is 1.86. The maximum atomic E-state index is 12.2. The molecule has 0 bridgehead atoms. The molecule has 0 radical (unpaired) electrons. The molecule has 0 saturated heterocycles. The number of aromatic nitrogens is 2. The van der Waals surface area contributed by atoms with E-state index in [1.807, 2.05) is 0 Å². The maximum Gasteiger partial charge on any atom is 0.470 e. The Morgan fingerprint density at radius 2 is 1.81 bits per heavy atom. The molecule has 0 unspecified atom stereocenters. The minimum absolute atomic E-state index is 0.245. The van der Waals surface area contributed by atoms with Gasteiger partial charge in [-0.1, -0.05) is 12.1 Å². The Kier molecular flexibility index (Phi) is 2.30. The van der Waals surface area contributed by atoms with Crippen LogP contribution in [0.25, 0.3) is 11.5 Å². The Bertz CT molecular complexity index is 507. The summed E-state index contributed by atoms with van der Waals surface area (Å²) in [5.41, 5.74) is 6.12. The summed E-state index contributed by atoms with van der Waals surface area (Å²) in [5, 5.41) is 6.20. The molecule has 7 heteroatoms. The van der Waals surface area contributed by atoms with Gasteiger partial charge < -0.3 is 10.2 Å². The Balaban J connectivity index is 2.44. The quantitative estimate of drug-likeness (QED) is 0.762. The lowest BCUT2D eigenvalue weighted by molar-refractivity contribution is -0.156. The van der Waals surface area contributed by atoms with Crippen LogP contribution in [0.2, 0.25) is 0 Å². The molecule has 0 atom stereocenters. The lowest BCUT2D eigenvalue weighted by Gasteiger charge is -2.00. The molecule has 2 N–H and O–H groups in total. The van der Waals surface area contributed by atoms with Crippen LogP contribution in [0, 0.1) is 0 Å². The minimum Gasteiger partial charge on any atom is -0.413 e. The summed E-state index contributed by atoms with van der Waals surface area (Å²) in [5.74, 6) is -1.63. The Labute approximate surface area is 87.9 Å². The van der Waals surface area contributed by atoms with Crippen molar-refractivity contribution in [1.82, 2.24) is 10.2 Å². The van der Waals surface area contributed by atoms with Crippen LogP contribution < -0.4 is 5.73 Å². The number of halogens is 3. The molecule has 4 nitrogen and oxygen atoms in total. The van der Waals surface area contributed by atoms with Gasteiger partial charge >= 0.3 is 12.1 Å². The van der Waals surface area contributed by atoms with Gasteiger partial charge in [-0.05, 0) is 12.1 Å². The molecule has 16 heavy (non-hydrogen) atoms. The van der Waals surface area contributed by atoms with Gasteiger partial charge in [0.1, 0.15) is 0 Å². The molecular weight excluding hydrogens is 223 g/mol. The van der Waals surface area contributed by atoms with Crippen LogP contribution in [0.4, 0.5) is 18.9 Å². The number of alkyl halides is 3. The van der Waals surface area contributed by atoms with Gasteiger partial charge in [-0.3, -0.25) is 0 Å². The van der Waals surface area contributed by atoms with E-state index in [0.29, 0.717) is 0 Å². The van der Waals surface area contributed by atoms with Gasteiger partial charge in [0.2, 0.25) is 5.89 Å². The second kappa shape index (κ2) is 3.51. The summed E-state index contributed by atoms with van der Waals surface area (Å²) in [7, 11) is 0. The third kappa shape index (κ3) is 1.83. The highest BCUT2D eigenvalue weighted by Crippen LogP contribution is 2.31. The average molecular weight is 229 g/mol. The molecule has 84 valence electrons. The van der Waals surface area contributed by atoms with Crippen LogP contribution in [0.15, 0.2) is 28.7 Å². The molecule has 0 spiro atoms. The molecule has 0 aliphatic carbocycles. The van der Waals surface area contributed by atoms with E-state index in [-0.39, 0.29) is 17.1 Å². The molecule has 1 aromatic heterocycles. The first kappa shape index (κ1) is 10.5. The Morgan fingerprint density at radius 1 is 1.12 bits per heavy atom. The van der Waals surface area contributed by atoms with Crippen molar-refractivity contribution < 1.29 is 17.6 Å². The predicted octanol–water partition coefficient (Wildman–Crippen LogP) is 2.34. The fourth-order valence-corrected chi connectivity index (χ4v) is 1.14. The van der Waals surface area contributed by atoms with E-state index < -0.39 is 12.1 Å². The van der Waals surface area contributed by atoms with Crippen LogP contribution in [0.1, 0.15) is 5.89 Å². The number of hydrogen-bond acceptors (Lipinski definition) is 4. The minimum atomic E-state index is -4.64. The molecule has 0 saturated carbocycles. The lowest BCUT2D eigenvalue weighted by atomic mass is 10.2. The third-order valence-corrected chi connectivity index (χ3v) is 1.86. The maximum absolute atomic E-state index is 12.2. The normalized spacial score (nSPS) is 11.7. The SMILES string of the molecule is Nc1ccccc1-c1nnc(C(F)(F)F)o1. The molecule has 0 fully saturated rings. The first-order valence-corrected chi connectivity index (χ1v) is 4.24. The zero-order valence-corrected chi connectivity index (χ0v) is 7.82. The van der Waals surface area contributed by atoms with Crippen LogP contribution in [-0.2, 0) is 6.18 Å². The highest BCUT2D eigenvalue weighted by Gasteiger charge is 2.38. The molecule has 0 amide bonds. The summed E-state index contributed by atoms with van der Waals surface area (Å²) >= 11 is 0. The molecular formula is C9H6F3N3O.